The Morgan fingerprint density at radius 1 is 0.966 bits per heavy atom. The van der Waals surface area contributed by atoms with Gasteiger partial charge in [-0.1, -0.05) is 29.8 Å². The number of unbranched alkanes of at least 4 members (excludes halogenated alkanes) is 2. The summed E-state index contributed by atoms with van der Waals surface area (Å²) in [5.74, 6) is 0.876. The minimum atomic E-state index is 0.545. The summed E-state index contributed by atoms with van der Waals surface area (Å²) < 4.78 is 8.27. The van der Waals surface area contributed by atoms with Crippen LogP contribution in [0.4, 0.5) is 5.82 Å². The van der Waals surface area contributed by atoms with Crippen LogP contribution < -0.4 is 4.90 Å². The highest BCUT2D eigenvalue weighted by Gasteiger charge is 2.10. The maximum absolute atomic E-state index is 5.80. The first-order valence-electron chi connectivity index (χ1n) is 10.3. The largest absolute Gasteiger partial charge is 0.361 e. The van der Waals surface area contributed by atoms with E-state index in [1.807, 2.05) is 18.0 Å². The molecular formula is C24H28N4O. The topological polar surface area (TPSA) is 43.2 Å². The van der Waals surface area contributed by atoms with E-state index in [1.54, 1.807) is 12.5 Å². The summed E-state index contributed by atoms with van der Waals surface area (Å²) in [6.45, 7) is 4.51. The molecule has 2 aromatic carbocycles. The number of hydrogen-bond acceptors (Lipinski definition) is 4. The molecule has 2 heterocycles. The van der Waals surface area contributed by atoms with E-state index in [1.165, 1.54) is 27.4 Å². The van der Waals surface area contributed by atoms with E-state index in [9.17, 15) is 0 Å². The predicted molar refractivity (Wildman–Crippen MR) is 119 cm³/mol. The van der Waals surface area contributed by atoms with Gasteiger partial charge in [-0.3, -0.25) is 0 Å². The van der Waals surface area contributed by atoms with Crippen molar-refractivity contribution >= 4 is 27.6 Å². The molecule has 0 fully saturated rings. The summed E-state index contributed by atoms with van der Waals surface area (Å²) in [6.07, 6.45) is 6.66. The zero-order valence-electron chi connectivity index (χ0n) is 17.2. The van der Waals surface area contributed by atoms with Gasteiger partial charge in [0.15, 0.2) is 0 Å². The molecule has 0 amide bonds. The number of aromatic nitrogens is 3. The second kappa shape index (κ2) is 9.05. The van der Waals surface area contributed by atoms with Crippen molar-refractivity contribution in [2.24, 2.45) is 0 Å². The molecule has 0 aliphatic rings. The van der Waals surface area contributed by atoms with E-state index in [0.717, 1.165) is 38.2 Å². The van der Waals surface area contributed by atoms with Crippen LogP contribution in [0.25, 0.3) is 21.8 Å². The number of nitrogens with zero attached hydrogens (tertiary/aromatic N) is 4. The van der Waals surface area contributed by atoms with Crippen molar-refractivity contribution in [1.82, 2.24) is 14.5 Å². The molecule has 0 radical (unpaired) electrons. The number of fused-ring (bicyclic) bond motifs is 3. The predicted octanol–water partition coefficient (Wildman–Crippen LogP) is 5.17. The van der Waals surface area contributed by atoms with Gasteiger partial charge in [0.25, 0.3) is 0 Å². The van der Waals surface area contributed by atoms with Crippen molar-refractivity contribution in [3.05, 3.63) is 66.6 Å². The molecule has 0 bridgehead atoms. The summed E-state index contributed by atoms with van der Waals surface area (Å²) in [6, 6.07) is 17.4. The molecule has 5 nitrogen and oxygen atoms in total. The number of aryl methyl sites for hydroxylation is 2. The highest BCUT2D eigenvalue weighted by atomic mass is 16.5. The van der Waals surface area contributed by atoms with Gasteiger partial charge >= 0.3 is 0 Å². The van der Waals surface area contributed by atoms with Gasteiger partial charge in [0.1, 0.15) is 18.9 Å². The molecule has 4 aromatic rings. The number of hydrogen-bond donors (Lipinski definition) is 0. The van der Waals surface area contributed by atoms with Gasteiger partial charge in [0.2, 0.25) is 0 Å². The fraction of sp³-hybridized carbons (Fsp3) is 0.333. The van der Waals surface area contributed by atoms with Crippen molar-refractivity contribution in [3.63, 3.8) is 0 Å². The SMILES string of the molecule is Cc1ccc2c(c1)c1ccccc1n2CCCCCOCN(C)c1ccncn1. The zero-order chi connectivity index (χ0) is 20.1. The molecule has 0 saturated carbocycles. The molecule has 2 aromatic heterocycles. The summed E-state index contributed by atoms with van der Waals surface area (Å²) >= 11 is 0. The van der Waals surface area contributed by atoms with Crippen molar-refractivity contribution in [1.29, 1.82) is 0 Å². The molecule has 0 aliphatic heterocycles. The van der Waals surface area contributed by atoms with Gasteiger partial charge in [0.05, 0.1) is 0 Å². The lowest BCUT2D eigenvalue weighted by molar-refractivity contribution is 0.132. The Bertz CT molecular complexity index is 1070. The number of anilines is 1. The van der Waals surface area contributed by atoms with Crippen LogP contribution >= 0.6 is 0 Å². The lowest BCUT2D eigenvalue weighted by atomic mass is 10.1. The third-order valence-corrected chi connectivity index (χ3v) is 5.34. The van der Waals surface area contributed by atoms with Crippen LogP contribution in [0, 0.1) is 6.92 Å². The minimum absolute atomic E-state index is 0.545. The number of ether oxygens (including phenoxy) is 1. The van der Waals surface area contributed by atoms with Crippen LogP contribution in [0.1, 0.15) is 24.8 Å². The Labute approximate surface area is 172 Å². The van der Waals surface area contributed by atoms with Crippen LogP contribution in [-0.2, 0) is 11.3 Å². The van der Waals surface area contributed by atoms with Crippen LogP contribution in [0.15, 0.2) is 61.1 Å². The first-order chi connectivity index (χ1) is 14.2. The molecule has 0 unspecified atom stereocenters. The highest BCUT2D eigenvalue weighted by molar-refractivity contribution is 6.08. The Morgan fingerprint density at radius 3 is 2.69 bits per heavy atom. The third-order valence-electron chi connectivity index (χ3n) is 5.34. The first kappa shape index (κ1) is 19.4. The fourth-order valence-corrected chi connectivity index (χ4v) is 3.84. The lowest BCUT2D eigenvalue weighted by Crippen LogP contribution is -2.22. The molecule has 0 saturated heterocycles. The Kier molecular flexibility index (Phi) is 6.06. The van der Waals surface area contributed by atoms with E-state index in [4.69, 9.17) is 4.74 Å². The van der Waals surface area contributed by atoms with Gasteiger partial charge in [0, 0.05) is 48.2 Å². The lowest BCUT2D eigenvalue weighted by Gasteiger charge is -2.17. The standard InChI is InChI=1S/C24H28N4O/c1-19-10-11-23-21(16-19)20-8-4-5-9-22(20)28(23)14-6-3-7-15-29-18-27(2)24-12-13-25-17-26-24/h4-5,8-13,16-17H,3,6-7,14-15,18H2,1-2H3. The third kappa shape index (κ3) is 4.40. The van der Waals surface area contributed by atoms with Crippen LogP contribution in [0.3, 0.4) is 0 Å². The van der Waals surface area contributed by atoms with Crippen LogP contribution in [0.5, 0.6) is 0 Å². The van der Waals surface area contributed by atoms with E-state index in [2.05, 4.69) is 63.9 Å². The minimum Gasteiger partial charge on any atom is -0.361 e. The average molecular weight is 389 g/mol. The van der Waals surface area contributed by atoms with Crippen LogP contribution in [-0.4, -0.2) is 34.9 Å². The van der Waals surface area contributed by atoms with Crippen molar-refractivity contribution in [2.45, 2.75) is 32.7 Å². The second-order valence-electron chi connectivity index (χ2n) is 7.55. The van der Waals surface area contributed by atoms with Gasteiger partial charge in [-0.05, 0) is 50.5 Å². The summed E-state index contributed by atoms with van der Waals surface area (Å²) in [5, 5.41) is 2.71. The Morgan fingerprint density at radius 2 is 1.83 bits per heavy atom. The number of para-hydroxylation sites is 1. The highest BCUT2D eigenvalue weighted by Crippen LogP contribution is 2.30. The molecule has 150 valence electrons. The number of benzene rings is 2. The van der Waals surface area contributed by atoms with Gasteiger partial charge in [-0.2, -0.15) is 0 Å². The summed E-state index contributed by atoms with van der Waals surface area (Å²) in [5.41, 5.74) is 3.97. The smallest absolute Gasteiger partial charge is 0.133 e. The maximum atomic E-state index is 5.80. The molecule has 0 N–H and O–H groups in total. The fourth-order valence-electron chi connectivity index (χ4n) is 3.84. The van der Waals surface area contributed by atoms with Crippen molar-refractivity contribution in [3.8, 4) is 0 Å². The van der Waals surface area contributed by atoms with Gasteiger partial charge in [-0.15, -0.1) is 0 Å². The Balaban J connectivity index is 1.28. The van der Waals surface area contributed by atoms with E-state index in [0.29, 0.717) is 6.73 Å². The summed E-state index contributed by atoms with van der Waals surface area (Å²) in [4.78, 5) is 10.2. The molecule has 0 spiro atoms. The number of rotatable bonds is 9. The normalized spacial score (nSPS) is 11.4. The molecule has 29 heavy (non-hydrogen) atoms. The first-order valence-corrected chi connectivity index (χ1v) is 10.3. The van der Waals surface area contributed by atoms with E-state index < -0.39 is 0 Å². The Hall–Kier alpha value is -2.92. The van der Waals surface area contributed by atoms with Crippen molar-refractivity contribution < 1.29 is 4.74 Å². The second-order valence-corrected chi connectivity index (χ2v) is 7.55. The quantitative estimate of drug-likeness (QED) is 0.293. The molecule has 0 aliphatic carbocycles. The monoisotopic (exact) mass is 388 g/mol. The van der Waals surface area contributed by atoms with Gasteiger partial charge < -0.3 is 14.2 Å². The zero-order valence-corrected chi connectivity index (χ0v) is 17.2. The van der Waals surface area contributed by atoms with Gasteiger partial charge in [-0.25, -0.2) is 9.97 Å². The van der Waals surface area contributed by atoms with E-state index >= 15 is 0 Å². The van der Waals surface area contributed by atoms with Crippen LogP contribution in [0.2, 0.25) is 0 Å². The summed E-state index contributed by atoms with van der Waals surface area (Å²) in [7, 11) is 1.98. The molecule has 0 atom stereocenters. The molecular weight excluding hydrogens is 360 g/mol. The van der Waals surface area contributed by atoms with Crippen molar-refractivity contribution in [2.75, 3.05) is 25.3 Å². The average Bonchev–Trinajstić information content (AvgIpc) is 3.06. The van der Waals surface area contributed by atoms with E-state index in [-0.39, 0.29) is 0 Å². The molecule has 5 heteroatoms. The molecule has 4 rings (SSSR count). The maximum Gasteiger partial charge on any atom is 0.133 e.